The molecule has 0 spiro atoms. The third-order valence-corrected chi connectivity index (χ3v) is 4.59. The molecule has 35 heavy (non-hydrogen) atoms. The normalized spacial score (nSPS) is 10.8. The number of nitrogens with one attached hydrogen (secondary N) is 3. The molecule has 0 radical (unpaired) electrons. The second kappa shape index (κ2) is 10.6. The first-order valence-corrected chi connectivity index (χ1v) is 10.2. The molecule has 2 heterocycles. The Morgan fingerprint density at radius 1 is 1.09 bits per heavy atom. The van der Waals surface area contributed by atoms with E-state index in [1.54, 1.807) is 49.8 Å². The third kappa shape index (κ3) is 5.98. The van der Waals surface area contributed by atoms with Crippen LogP contribution < -0.4 is 20.8 Å². The van der Waals surface area contributed by atoms with Gasteiger partial charge in [-0.1, -0.05) is 6.07 Å². The number of nitro groups is 1. The van der Waals surface area contributed by atoms with Crippen LogP contribution in [0, 0.1) is 10.1 Å². The van der Waals surface area contributed by atoms with Crippen LogP contribution in [0.25, 0.3) is 0 Å². The van der Waals surface area contributed by atoms with Gasteiger partial charge in [-0.15, -0.1) is 0 Å². The fraction of sp³-hybridized carbons (Fsp3) is 0.0909. The Kier molecular flexibility index (Phi) is 6.97. The summed E-state index contributed by atoms with van der Waals surface area (Å²) in [5.41, 5.74) is 3.08. The molecule has 13 nitrogen and oxygen atoms in total. The number of hydrogen-bond acceptors (Lipinski definition) is 12. The highest BCUT2D eigenvalue weighted by atomic mass is 16.6. The number of nitro benzene ring substituents is 1. The summed E-state index contributed by atoms with van der Waals surface area (Å²) in [5.74, 6) is 1.43. The molecule has 178 valence electrons. The first-order valence-electron chi connectivity index (χ1n) is 10.2. The van der Waals surface area contributed by atoms with E-state index in [9.17, 15) is 15.2 Å². The maximum Gasteiger partial charge on any atom is 0.311 e. The van der Waals surface area contributed by atoms with Gasteiger partial charge in [0.1, 0.15) is 11.5 Å². The van der Waals surface area contributed by atoms with Crippen molar-refractivity contribution in [2.24, 2.45) is 5.10 Å². The Balaban J connectivity index is 1.55. The average Bonchev–Trinajstić information content (AvgIpc) is 3.38. The molecule has 0 atom stereocenters. The number of phenols is 1. The molecule has 0 unspecified atom stereocenters. The van der Waals surface area contributed by atoms with Crippen LogP contribution in [-0.2, 0) is 6.54 Å². The number of aromatic hydroxyl groups is 1. The lowest BCUT2D eigenvalue weighted by atomic mass is 10.2. The Morgan fingerprint density at radius 2 is 1.86 bits per heavy atom. The highest BCUT2D eigenvalue weighted by Gasteiger charge is 2.15. The fourth-order valence-electron chi connectivity index (χ4n) is 2.90. The van der Waals surface area contributed by atoms with Gasteiger partial charge in [0.15, 0.2) is 0 Å². The van der Waals surface area contributed by atoms with Gasteiger partial charge in [0.05, 0.1) is 31.1 Å². The van der Waals surface area contributed by atoms with Crippen LogP contribution in [0.15, 0.2) is 70.4 Å². The van der Waals surface area contributed by atoms with Crippen molar-refractivity contribution in [3.63, 3.8) is 0 Å². The number of nitrogens with zero attached hydrogens (tertiary/aromatic N) is 5. The van der Waals surface area contributed by atoms with Crippen molar-refractivity contribution in [3.05, 3.63) is 82.3 Å². The molecule has 13 heteroatoms. The number of anilines is 4. The number of furan rings is 1. The van der Waals surface area contributed by atoms with Crippen LogP contribution in [0.3, 0.4) is 0 Å². The van der Waals surface area contributed by atoms with Crippen molar-refractivity contribution >= 4 is 35.4 Å². The van der Waals surface area contributed by atoms with Gasteiger partial charge in [-0.2, -0.15) is 20.1 Å². The van der Waals surface area contributed by atoms with E-state index < -0.39 is 16.4 Å². The van der Waals surface area contributed by atoms with Crippen molar-refractivity contribution in [2.45, 2.75) is 6.54 Å². The van der Waals surface area contributed by atoms with E-state index in [4.69, 9.17) is 9.15 Å². The van der Waals surface area contributed by atoms with Gasteiger partial charge in [-0.05, 0) is 42.5 Å². The Hall–Kier alpha value is -5.20. The van der Waals surface area contributed by atoms with Gasteiger partial charge in [-0.3, -0.25) is 10.1 Å². The topological polar surface area (TPSA) is 173 Å². The molecule has 4 aromatic rings. The largest absolute Gasteiger partial charge is 0.502 e. The van der Waals surface area contributed by atoms with E-state index in [2.05, 4.69) is 36.1 Å². The van der Waals surface area contributed by atoms with Crippen LogP contribution in [0.1, 0.15) is 11.3 Å². The highest BCUT2D eigenvalue weighted by Crippen LogP contribution is 2.28. The lowest BCUT2D eigenvalue weighted by Gasteiger charge is -2.10. The number of aromatic nitrogens is 3. The minimum absolute atomic E-state index is 0.0825. The van der Waals surface area contributed by atoms with Crippen LogP contribution in [-0.4, -0.2) is 38.3 Å². The summed E-state index contributed by atoms with van der Waals surface area (Å²) in [6.45, 7) is 0.337. The van der Waals surface area contributed by atoms with Crippen molar-refractivity contribution in [3.8, 4) is 11.5 Å². The Bertz CT molecular complexity index is 1330. The van der Waals surface area contributed by atoms with Crippen molar-refractivity contribution in [1.82, 2.24) is 15.0 Å². The van der Waals surface area contributed by atoms with E-state index in [0.29, 0.717) is 23.7 Å². The second-order valence-corrected chi connectivity index (χ2v) is 6.93. The molecular weight excluding hydrogens is 456 g/mol. The summed E-state index contributed by atoms with van der Waals surface area (Å²) >= 11 is 0. The minimum Gasteiger partial charge on any atom is -0.502 e. The van der Waals surface area contributed by atoms with E-state index in [1.807, 2.05) is 0 Å². The molecule has 0 aliphatic carbocycles. The molecule has 0 aliphatic heterocycles. The predicted molar refractivity (Wildman–Crippen MR) is 128 cm³/mol. The summed E-state index contributed by atoms with van der Waals surface area (Å²) in [6, 6.07) is 14.9. The number of para-hydroxylation sites is 1. The predicted octanol–water partition coefficient (Wildman–Crippen LogP) is 3.89. The summed E-state index contributed by atoms with van der Waals surface area (Å²) in [7, 11) is 1.58. The van der Waals surface area contributed by atoms with Crippen LogP contribution in [0.2, 0.25) is 0 Å². The third-order valence-electron chi connectivity index (χ3n) is 4.59. The standard InChI is InChI=1S/C22H20N8O5/c1-34-16-9-7-15(8-10-16)25-21-26-20(23-13-17-5-3-11-35-17)27-22(28-21)29-24-12-14-4-2-6-18(19(14)31)30(32)33/h2-12,31H,13H2,1H3,(H3,23,25,26,27,28,29)/b24-12+. The molecule has 0 amide bonds. The Morgan fingerprint density at radius 3 is 2.57 bits per heavy atom. The highest BCUT2D eigenvalue weighted by molar-refractivity contribution is 5.85. The molecule has 2 aromatic heterocycles. The number of ether oxygens (including phenoxy) is 1. The molecule has 4 rings (SSSR count). The van der Waals surface area contributed by atoms with Crippen LogP contribution in [0.4, 0.5) is 29.2 Å². The zero-order valence-electron chi connectivity index (χ0n) is 18.4. The van der Waals surface area contributed by atoms with E-state index in [-0.39, 0.29) is 23.4 Å². The quantitative estimate of drug-likeness (QED) is 0.148. The number of hydrazone groups is 1. The zero-order chi connectivity index (χ0) is 24.6. The molecular formula is C22H20N8O5. The lowest BCUT2D eigenvalue weighted by molar-refractivity contribution is -0.385. The van der Waals surface area contributed by atoms with Crippen molar-refractivity contribution in [2.75, 3.05) is 23.2 Å². The first kappa shape index (κ1) is 23.0. The summed E-state index contributed by atoms with van der Waals surface area (Å²) in [4.78, 5) is 23.2. The number of benzene rings is 2. The van der Waals surface area contributed by atoms with Gasteiger partial charge in [0.25, 0.3) is 0 Å². The lowest BCUT2D eigenvalue weighted by Crippen LogP contribution is -2.09. The van der Waals surface area contributed by atoms with Crippen molar-refractivity contribution < 1.29 is 19.2 Å². The second-order valence-electron chi connectivity index (χ2n) is 6.93. The number of hydrogen-bond donors (Lipinski definition) is 4. The van der Waals surface area contributed by atoms with Gasteiger partial charge in [0, 0.05) is 17.3 Å². The summed E-state index contributed by atoms with van der Waals surface area (Å²) in [6.07, 6.45) is 2.78. The molecule has 4 N–H and O–H groups in total. The smallest absolute Gasteiger partial charge is 0.311 e. The first-order chi connectivity index (χ1) is 17.0. The summed E-state index contributed by atoms with van der Waals surface area (Å²) < 4.78 is 10.5. The number of rotatable bonds is 10. The SMILES string of the molecule is COc1ccc(Nc2nc(NCc3ccco3)nc(N/N=C/c3cccc([N+](=O)[O-])c3O)n2)cc1. The van der Waals surface area contributed by atoms with E-state index >= 15 is 0 Å². The monoisotopic (exact) mass is 476 g/mol. The van der Waals surface area contributed by atoms with Gasteiger partial charge in [0.2, 0.25) is 23.6 Å². The van der Waals surface area contributed by atoms with E-state index in [1.165, 1.54) is 24.4 Å². The van der Waals surface area contributed by atoms with E-state index in [0.717, 1.165) is 0 Å². The summed E-state index contributed by atoms with van der Waals surface area (Å²) in [5, 5.41) is 31.2. The molecule has 2 aromatic carbocycles. The average molecular weight is 476 g/mol. The minimum atomic E-state index is -0.680. The van der Waals surface area contributed by atoms with Crippen molar-refractivity contribution in [1.29, 1.82) is 0 Å². The fourth-order valence-corrected chi connectivity index (χ4v) is 2.90. The van der Waals surface area contributed by atoms with Crippen LogP contribution >= 0.6 is 0 Å². The molecule has 0 aliphatic rings. The van der Waals surface area contributed by atoms with Gasteiger partial charge < -0.3 is 24.9 Å². The molecule has 0 bridgehead atoms. The molecule has 0 fully saturated rings. The Labute approximate surface area is 198 Å². The maximum absolute atomic E-state index is 11.0. The maximum atomic E-state index is 11.0. The molecule has 0 saturated heterocycles. The number of methoxy groups -OCH3 is 1. The zero-order valence-corrected chi connectivity index (χ0v) is 18.4. The molecule has 0 saturated carbocycles. The number of phenolic OH excluding ortho intramolecular Hbond substituents is 1. The van der Waals surface area contributed by atoms with Gasteiger partial charge in [-0.25, -0.2) is 5.43 Å². The van der Waals surface area contributed by atoms with Gasteiger partial charge >= 0.3 is 5.69 Å². The van der Waals surface area contributed by atoms with Crippen LogP contribution in [0.5, 0.6) is 11.5 Å².